The third-order valence-corrected chi connectivity index (χ3v) is 4.95. The quantitative estimate of drug-likeness (QED) is 0.340. The number of carboxylic acids is 2. The second kappa shape index (κ2) is 12.4. The standard InChI is InChI=1S/C23H23FN4O.C4H4O4/c1-16(15-27(2)3)29-20-7-4-6-19(14-20)28-23-21(8-5-13-25-23)22(26-28)17-9-11-18(24)12-10-17;5-3(6)1-2-4(7)8/h4-14,16H,15H2,1-3H3;1-2H,(H,5,6)(H,7,8). The zero-order chi connectivity index (χ0) is 26.9. The lowest BCUT2D eigenvalue weighted by Crippen LogP contribution is -2.27. The Balaban J connectivity index is 0.000000414. The highest BCUT2D eigenvalue weighted by molar-refractivity contribution is 5.92. The van der Waals surface area contributed by atoms with Crippen LogP contribution in [0.15, 0.2) is 79.0 Å². The summed E-state index contributed by atoms with van der Waals surface area (Å²) in [6.45, 7) is 2.87. The molecule has 2 N–H and O–H groups in total. The van der Waals surface area contributed by atoms with Gasteiger partial charge in [-0.05, 0) is 69.6 Å². The number of aromatic nitrogens is 3. The Morgan fingerprint density at radius 2 is 1.73 bits per heavy atom. The average Bonchev–Trinajstić information content (AvgIpc) is 3.23. The maximum atomic E-state index is 13.4. The van der Waals surface area contributed by atoms with Gasteiger partial charge in [-0.3, -0.25) is 0 Å². The molecule has 37 heavy (non-hydrogen) atoms. The van der Waals surface area contributed by atoms with E-state index in [2.05, 4.69) is 9.88 Å². The molecular weight excluding hydrogens is 479 g/mol. The molecule has 0 fully saturated rings. The normalized spacial score (nSPS) is 11.8. The van der Waals surface area contributed by atoms with Gasteiger partial charge in [0.05, 0.1) is 5.69 Å². The maximum Gasteiger partial charge on any atom is 0.328 e. The van der Waals surface area contributed by atoms with Crippen LogP contribution in [0.25, 0.3) is 28.0 Å². The monoisotopic (exact) mass is 506 g/mol. The Morgan fingerprint density at radius 3 is 2.35 bits per heavy atom. The van der Waals surface area contributed by atoms with Gasteiger partial charge in [-0.1, -0.05) is 6.07 Å². The van der Waals surface area contributed by atoms with Crippen LogP contribution in [-0.4, -0.2) is 68.6 Å². The Labute approximate surface area is 213 Å². The molecule has 2 heterocycles. The molecule has 0 saturated carbocycles. The molecule has 0 spiro atoms. The van der Waals surface area contributed by atoms with E-state index >= 15 is 0 Å². The SMILES string of the molecule is CC(CN(C)C)Oc1cccc(-n2nc(-c3ccc(F)cc3)c3cccnc32)c1.O=C(O)C=CC(=O)O. The fraction of sp³-hybridized carbons (Fsp3) is 0.185. The van der Waals surface area contributed by atoms with Crippen molar-refractivity contribution in [3.05, 3.63) is 84.8 Å². The zero-order valence-electron chi connectivity index (χ0n) is 20.6. The van der Waals surface area contributed by atoms with E-state index in [0.717, 1.165) is 40.3 Å². The van der Waals surface area contributed by atoms with Crippen LogP contribution in [0.4, 0.5) is 4.39 Å². The first-order valence-electron chi connectivity index (χ1n) is 11.3. The maximum absolute atomic E-state index is 13.4. The van der Waals surface area contributed by atoms with Crippen LogP contribution in [0.3, 0.4) is 0 Å². The fourth-order valence-corrected chi connectivity index (χ4v) is 3.57. The van der Waals surface area contributed by atoms with Gasteiger partial charge in [0.2, 0.25) is 0 Å². The number of pyridine rings is 1. The van der Waals surface area contributed by atoms with Crippen molar-refractivity contribution in [2.24, 2.45) is 0 Å². The van der Waals surface area contributed by atoms with E-state index in [1.54, 1.807) is 23.0 Å². The first kappa shape index (κ1) is 27.0. The van der Waals surface area contributed by atoms with E-state index < -0.39 is 11.9 Å². The van der Waals surface area contributed by atoms with E-state index in [-0.39, 0.29) is 11.9 Å². The molecule has 0 aliphatic carbocycles. The summed E-state index contributed by atoms with van der Waals surface area (Å²) in [5.74, 6) is -2.01. The predicted octanol–water partition coefficient (Wildman–Crippen LogP) is 4.27. The van der Waals surface area contributed by atoms with Crippen molar-refractivity contribution in [1.82, 2.24) is 19.7 Å². The van der Waals surface area contributed by atoms with Gasteiger partial charge in [-0.2, -0.15) is 5.10 Å². The third-order valence-electron chi connectivity index (χ3n) is 4.95. The highest BCUT2D eigenvalue weighted by Gasteiger charge is 2.15. The summed E-state index contributed by atoms with van der Waals surface area (Å²) in [7, 11) is 4.05. The summed E-state index contributed by atoms with van der Waals surface area (Å²) in [6.07, 6.45) is 2.92. The molecule has 192 valence electrons. The van der Waals surface area contributed by atoms with Crippen LogP contribution in [0.2, 0.25) is 0 Å². The third kappa shape index (κ3) is 7.71. The lowest BCUT2D eigenvalue weighted by molar-refractivity contribution is -0.134. The Hall–Kier alpha value is -4.57. The molecule has 0 amide bonds. The number of hydrogen-bond acceptors (Lipinski definition) is 6. The minimum atomic E-state index is -1.26. The minimum Gasteiger partial charge on any atom is -0.489 e. The van der Waals surface area contributed by atoms with Gasteiger partial charge >= 0.3 is 11.9 Å². The number of hydrogen-bond donors (Lipinski definition) is 2. The zero-order valence-corrected chi connectivity index (χ0v) is 20.6. The first-order chi connectivity index (χ1) is 17.6. The largest absolute Gasteiger partial charge is 0.489 e. The van der Waals surface area contributed by atoms with Crippen molar-refractivity contribution < 1.29 is 28.9 Å². The number of fused-ring (bicyclic) bond motifs is 1. The van der Waals surface area contributed by atoms with E-state index in [9.17, 15) is 14.0 Å². The highest BCUT2D eigenvalue weighted by atomic mass is 19.1. The summed E-state index contributed by atoms with van der Waals surface area (Å²) in [4.78, 5) is 25.7. The van der Waals surface area contributed by atoms with Crippen molar-refractivity contribution in [2.75, 3.05) is 20.6 Å². The summed E-state index contributed by atoms with van der Waals surface area (Å²) < 4.78 is 21.2. The Kier molecular flexibility index (Phi) is 9.06. The molecule has 0 saturated heterocycles. The average molecular weight is 507 g/mol. The van der Waals surface area contributed by atoms with Gasteiger partial charge in [-0.25, -0.2) is 23.6 Å². The van der Waals surface area contributed by atoms with Crippen LogP contribution in [0, 0.1) is 5.82 Å². The van der Waals surface area contributed by atoms with Crippen molar-refractivity contribution >= 4 is 23.0 Å². The molecule has 9 nitrogen and oxygen atoms in total. The van der Waals surface area contributed by atoms with Crippen molar-refractivity contribution in [2.45, 2.75) is 13.0 Å². The molecule has 10 heteroatoms. The molecule has 0 aliphatic heterocycles. The van der Waals surface area contributed by atoms with E-state index in [1.807, 2.05) is 57.4 Å². The van der Waals surface area contributed by atoms with E-state index in [0.29, 0.717) is 12.2 Å². The number of carbonyl (C=O) groups is 2. The van der Waals surface area contributed by atoms with Crippen molar-refractivity contribution in [3.63, 3.8) is 0 Å². The van der Waals surface area contributed by atoms with Gasteiger partial charge in [0.25, 0.3) is 0 Å². The Bertz CT molecular complexity index is 1380. The smallest absolute Gasteiger partial charge is 0.328 e. The number of halogens is 1. The van der Waals surface area contributed by atoms with Crippen LogP contribution in [-0.2, 0) is 9.59 Å². The number of carboxylic acid groups (broad SMARTS) is 2. The van der Waals surface area contributed by atoms with Crippen LogP contribution < -0.4 is 4.74 Å². The molecular formula is C27H27FN4O5. The lowest BCUT2D eigenvalue weighted by atomic mass is 10.1. The molecule has 4 rings (SSSR count). The van der Waals surface area contributed by atoms with Crippen LogP contribution in [0.5, 0.6) is 5.75 Å². The molecule has 1 unspecified atom stereocenters. The van der Waals surface area contributed by atoms with Gasteiger partial charge < -0.3 is 19.8 Å². The topological polar surface area (TPSA) is 118 Å². The molecule has 1 atom stereocenters. The second-order valence-electron chi connectivity index (χ2n) is 8.34. The lowest BCUT2D eigenvalue weighted by Gasteiger charge is -2.19. The van der Waals surface area contributed by atoms with Gasteiger partial charge in [-0.15, -0.1) is 0 Å². The first-order valence-corrected chi connectivity index (χ1v) is 11.3. The summed E-state index contributed by atoms with van der Waals surface area (Å²) >= 11 is 0. The second-order valence-corrected chi connectivity index (χ2v) is 8.34. The van der Waals surface area contributed by atoms with Crippen molar-refractivity contribution in [1.29, 1.82) is 0 Å². The van der Waals surface area contributed by atoms with Gasteiger partial charge in [0.1, 0.15) is 23.4 Å². The number of rotatable bonds is 8. The molecule has 0 radical (unpaired) electrons. The molecule has 0 bridgehead atoms. The van der Waals surface area contributed by atoms with Crippen LogP contribution >= 0.6 is 0 Å². The van der Waals surface area contributed by atoms with Gasteiger partial charge in [0, 0.05) is 41.9 Å². The number of aliphatic carboxylic acids is 2. The summed E-state index contributed by atoms with van der Waals surface area (Å²) in [5, 5.41) is 21.3. The van der Waals surface area contributed by atoms with Crippen LogP contribution in [0.1, 0.15) is 6.92 Å². The summed E-state index contributed by atoms with van der Waals surface area (Å²) in [6, 6.07) is 18.0. The molecule has 4 aromatic rings. The number of ether oxygens (including phenoxy) is 1. The van der Waals surface area contributed by atoms with E-state index in [4.69, 9.17) is 20.0 Å². The number of benzene rings is 2. The summed E-state index contributed by atoms with van der Waals surface area (Å²) in [5.41, 5.74) is 3.21. The van der Waals surface area contributed by atoms with Crippen molar-refractivity contribution in [3.8, 4) is 22.7 Å². The Morgan fingerprint density at radius 1 is 1.05 bits per heavy atom. The number of nitrogens with zero attached hydrogens (tertiary/aromatic N) is 4. The fourth-order valence-electron chi connectivity index (χ4n) is 3.57. The van der Waals surface area contributed by atoms with Gasteiger partial charge in [0.15, 0.2) is 5.65 Å². The molecule has 2 aromatic heterocycles. The highest BCUT2D eigenvalue weighted by Crippen LogP contribution is 2.29. The minimum absolute atomic E-state index is 0.0579. The van der Waals surface area contributed by atoms with E-state index in [1.165, 1.54) is 12.1 Å². The molecule has 0 aliphatic rings. The molecule has 2 aromatic carbocycles. The predicted molar refractivity (Wildman–Crippen MR) is 137 cm³/mol. The number of likely N-dealkylation sites (N-methyl/N-ethyl adjacent to an activating group) is 1.